The van der Waals surface area contributed by atoms with E-state index in [2.05, 4.69) is 11.0 Å². The molecule has 2 fully saturated rings. The van der Waals surface area contributed by atoms with Crippen LogP contribution < -0.4 is 4.90 Å². The molecule has 0 radical (unpaired) electrons. The summed E-state index contributed by atoms with van der Waals surface area (Å²) in [6, 6.07) is 11.5. The predicted octanol–water partition coefficient (Wildman–Crippen LogP) is 3.11. The number of piperidine rings is 1. The maximum Gasteiger partial charge on any atom is 0.252 e. The van der Waals surface area contributed by atoms with Crippen molar-refractivity contribution >= 4 is 54.0 Å². The molecule has 10 heteroatoms. The fourth-order valence-electron chi connectivity index (χ4n) is 4.27. The first-order valence-electron chi connectivity index (χ1n) is 10.5. The Morgan fingerprint density at radius 3 is 2.58 bits per heavy atom. The van der Waals surface area contributed by atoms with Gasteiger partial charge in [-0.15, -0.1) is 11.3 Å². The molecular formula is C21H24N4O3S3. The lowest BCUT2D eigenvalue weighted by Gasteiger charge is -2.38. The standard InChI is InChI=1S/C21H24N4O3S3/c26-20(16-5-3-9-25(15-16)31(27,28)19-8-4-14-29-19)23-10-12-24(13-11-23)21-22-17-6-1-2-7-18(17)30-21/h1-2,4,6-8,14,16H,3,5,9-13,15H2. The summed E-state index contributed by atoms with van der Waals surface area (Å²) in [5, 5.41) is 2.77. The van der Waals surface area contributed by atoms with Gasteiger partial charge in [-0.3, -0.25) is 4.79 Å². The maximum atomic E-state index is 13.2. The van der Waals surface area contributed by atoms with Crippen LogP contribution in [-0.4, -0.2) is 67.8 Å². The normalized spacial score (nSPS) is 21.0. The van der Waals surface area contributed by atoms with Crippen LogP contribution in [0.2, 0.25) is 0 Å². The van der Waals surface area contributed by atoms with Crippen LogP contribution in [0, 0.1) is 5.92 Å². The van der Waals surface area contributed by atoms with E-state index < -0.39 is 10.0 Å². The first-order chi connectivity index (χ1) is 15.0. The molecule has 0 bridgehead atoms. The molecule has 0 N–H and O–H groups in total. The van der Waals surface area contributed by atoms with Crippen molar-refractivity contribution < 1.29 is 13.2 Å². The number of sulfonamides is 1. The number of amides is 1. The number of hydrogen-bond acceptors (Lipinski definition) is 7. The van der Waals surface area contributed by atoms with E-state index in [1.807, 2.05) is 23.1 Å². The number of anilines is 1. The van der Waals surface area contributed by atoms with Crippen molar-refractivity contribution in [1.82, 2.24) is 14.2 Å². The summed E-state index contributed by atoms with van der Waals surface area (Å²) in [5.41, 5.74) is 1.01. The summed E-state index contributed by atoms with van der Waals surface area (Å²) in [4.78, 5) is 22.0. The number of thiazole rings is 1. The molecule has 2 saturated heterocycles. The zero-order chi connectivity index (χ0) is 21.4. The number of rotatable bonds is 4. The third kappa shape index (κ3) is 4.09. The summed E-state index contributed by atoms with van der Waals surface area (Å²) in [6.45, 7) is 3.53. The van der Waals surface area contributed by atoms with E-state index in [0.29, 0.717) is 30.3 Å². The molecule has 2 aliphatic heterocycles. The van der Waals surface area contributed by atoms with Gasteiger partial charge in [0, 0.05) is 39.3 Å². The van der Waals surface area contributed by atoms with Gasteiger partial charge in [0.05, 0.1) is 16.1 Å². The lowest BCUT2D eigenvalue weighted by Crippen LogP contribution is -2.53. The zero-order valence-corrected chi connectivity index (χ0v) is 19.5. The Balaban J connectivity index is 1.22. The molecule has 5 rings (SSSR count). The summed E-state index contributed by atoms with van der Waals surface area (Å²) in [7, 11) is -3.51. The molecule has 1 unspecified atom stereocenters. The molecule has 3 aromatic rings. The van der Waals surface area contributed by atoms with Crippen LogP contribution in [0.5, 0.6) is 0 Å². The van der Waals surface area contributed by atoms with Crippen molar-refractivity contribution in [2.75, 3.05) is 44.2 Å². The molecule has 1 aromatic carbocycles. The van der Waals surface area contributed by atoms with Gasteiger partial charge < -0.3 is 9.80 Å². The Morgan fingerprint density at radius 2 is 1.84 bits per heavy atom. The van der Waals surface area contributed by atoms with Crippen molar-refractivity contribution in [3.05, 3.63) is 41.8 Å². The Hall–Kier alpha value is -2.01. The van der Waals surface area contributed by atoms with Crippen molar-refractivity contribution in [3.63, 3.8) is 0 Å². The van der Waals surface area contributed by atoms with E-state index in [4.69, 9.17) is 4.98 Å². The predicted molar refractivity (Wildman–Crippen MR) is 124 cm³/mol. The Bertz CT molecular complexity index is 1130. The van der Waals surface area contributed by atoms with E-state index in [1.165, 1.54) is 20.3 Å². The lowest BCUT2D eigenvalue weighted by molar-refractivity contribution is -0.137. The van der Waals surface area contributed by atoms with Gasteiger partial charge in [-0.25, -0.2) is 13.4 Å². The molecule has 0 aliphatic carbocycles. The van der Waals surface area contributed by atoms with Gasteiger partial charge in [0.2, 0.25) is 5.91 Å². The second kappa shape index (κ2) is 8.50. The van der Waals surface area contributed by atoms with E-state index >= 15 is 0 Å². The number of thiophene rings is 1. The molecule has 31 heavy (non-hydrogen) atoms. The number of piperazine rings is 1. The Morgan fingerprint density at radius 1 is 1.03 bits per heavy atom. The first kappa shape index (κ1) is 20.9. The minimum atomic E-state index is -3.51. The molecule has 0 spiro atoms. The van der Waals surface area contributed by atoms with Crippen LogP contribution in [0.25, 0.3) is 10.2 Å². The number of carbonyl (C=O) groups is 1. The van der Waals surface area contributed by atoms with Crippen LogP contribution in [0.1, 0.15) is 12.8 Å². The number of para-hydroxylation sites is 1. The molecule has 2 aromatic heterocycles. The number of carbonyl (C=O) groups excluding carboxylic acids is 1. The van der Waals surface area contributed by atoms with Crippen molar-refractivity contribution in [1.29, 1.82) is 0 Å². The van der Waals surface area contributed by atoms with E-state index in [-0.39, 0.29) is 18.4 Å². The number of benzene rings is 1. The third-order valence-electron chi connectivity index (χ3n) is 5.97. The second-order valence-electron chi connectivity index (χ2n) is 7.91. The summed E-state index contributed by atoms with van der Waals surface area (Å²) < 4.78 is 28.7. The highest BCUT2D eigenvalue weighted by atomic mass is 32.2. The summed E-state index contributed by atoms with van der Waals surface area (Å²) in [5.74, 6) is -0.187. The smallest absolute Gasteiger partial charge is 0.252 e. The first-order valence-corrected chi connectivity index (χ1v) is 13.6. The van der Waals surface area contributed by atoms with Gasteiger partial charge in [0.25, 0.3) is 10.0 Å². The Kier molecular flexibility index (Phi) is 5.72. The van der Waals surface area contributed by atoms with Gasteiger partial charge in [-0.05, 0) is 36.4 Å². The van der Waals surface area contributed by atoms with Crippen LogP contribution in [0.3, 0.4) is 0 Å². The number of nitrogens with zero attached hydrogens (tertiary/aromatic N) is 4. The highest BCUT2D eigenvalue weighted by Gasteiger charge is 2.36. The van der Waals surface area contributed by atoms with Crippen LogP contribution >= 0.6 is 22.7 Å². The van der Waals surface area contributed by atoms with E-state index in [9.17, 15) is 13.2 Å². The average molecular weight is 477 g/mol. The fourth-order valence-corrected chi connectivity index (χ4v) is 7.96. The molecule has 1 amide bonds. The molecule has 1 atom stereocenters. The second-order valence-corrected chi connectivity index (χ2v) is 12.0. The average Bonchev–Trinajstić information content (AvgIpc) is 3.49. The van der Waals surface area contributed by atoms with Gasteiger partial charge in [-0.2, -0.15) is 4.31 Å². The van der Waals surface area contributed by atoms with Gasteiger partial charge in [-0.1, -0.05) is 29.5 Å². The van der Waals surface area contributed by atoms with E-state index in [0.717, 1.165) is 30.2 Å². The van der Waals surface area contributed by atoms with Crippen molar-refractivity contribution in [2.24, 2.45) is 5.92 Å². The topological polar surface area (TPSA) is 73.8 Å². The van der Waals surface area contributed by atoms with Crippen LogP contribution in [0.4, 0.5) is 5.13 Å². The number of fused-ring (bicyclic) bond motifs is 1. The fraction of sp³-hybridized carbons (Fsp3) is 0.429. The maximum absolute atomic E-state index is 13.2. The minimum absolute atomic E-state index is 0.0787. The van der Waals surface area contributed by atoms with Gasteiger partial charge in [0.15, 0.2) is 5.13 Å². The summed E-state index contributed by atoms with van der Waals surface area (Å²) in [6.07, 6.45) is 1.46. The van der Waals surface area contributed by atoms with Crippen molar-refractivity contribution in [2.45, 2.75) is 17.1 Å². The molecular weight excluding hydrogens is 452 g/mol. The van der Waals surface area contributed by atoms with Gasteiger partial charge >= 0.3 is 0 Å². The quantitative estimate of drug-likeness (QED) is 0.579. The lowest BCUT2D eigenvalue weighted by atomic mass is 9.98. The molecule has 4 heterocycles. The highest BCUT2D eigenvalue weighted by molar-refractivity contribution is 7.91. The SMILES string of the molecule is O=C(C1CCCN(S(=O)(=O)c2cccs2)C1)N1CCN(c2nc3ccccc3s2)CC1. The molecule has 7 nitrogen and oxygen atoms in total. The monoisotopic (exact) mass is 476 g/mol. The largest absolute Gasteiger partial charge is 0.345 e. The molecule has 164 valence electrons. The summed E-state index contributed by atoms with van der Waals surface area (Å²) >= 11 is 2.91. The number of hydrogen-bond donors (Lipinski definition) is 0. The molecule has 2 aliphatic rings. The number of aromatic nitrogens is 1. The van der Waals surface area contributed by atoms with Gasteiger partial charge in [0.1, 0.15) is 4.21 Å². The third-order valence-corrected chi connectivity index (χ3v) is 10.3. The van der Waals surface area contributed by atoms with Crippen LogP contribution in [0.15, 0.2) is 46.0 Å². The van der Waals surface area contributed by atoms with E-state index in [1.54, 1.807) is 28.8 Å². The Labute approximate surface area is 190 Å². The highest BCUT2D eigenvalue weighted by Crippen LogP contribution is 2.30. The van der Waals surface area contributed by atoms with Crippen LogP contribution in [-0.2, 0) is 14.8 Å². The van der Waals surface area contributed by atoms with Crippen molar-refractivity contribution in [3.8, 4) is 0 Å². The zero-order valence-electron chi connectivity index (χ0n) is 17.0. The minimum Gasteiger partial charge on any atom is -0.345 e. The molecule has 0 saturated carbocycles.